The van der Waals surface area contributed by atoms with Gasteiger partial charge in [0, 0.05) is 6.54 Å². The number of amides is 3. The van der Waals surface area contributed by atoms with Crippen molar-refractivity contribution in [2.75, 3.05) is 26.2 Å². The van der Waals surface area contributed by atoms with E-state index in [-0.39, 0.29) is 19.4 Å². The van der Waals surface area contributed by atoms with Crippen LogP contribution in [0.1, 0.15) is 25.7 Å². The van der Waals surface area contributed by atoms with Gasteiger partial charge in [-0.25, -0.2) is 0 Å². The molecule has 1 fully saturated rings. The quantitative estimate of drug-likeness (QED) is 0.117. The number of aliphatic hydroxyl groups excluding tert-OH is 4. The highest BCUT2D eigenvalue weighted by atomic mass is 16.5. The van der Waals surface area contributed by atoms with Crippen molar-refractivity contribution in [3.63, 3.8) is 0 Å². The molecular weight excluding hydrogens is 432 g/mol. The predicted molar refractivity (Wildman–Crippen MR) is 107 cm³/mol. The SMILES string of the molecule is N[C@@H](CCCCNC(=O)C[C@H]1OC(CO)[C@H](O)[C@H](O)C1O)C(=O)NCC(=O)NCC(=O)O. The first-order valence-electron chi connectivity index (χ1n) is 10.2. The molecular formula is C18H32N4O10. The maximum absolute atomic E-state index is 12.0. The Kier molecular flexibility index (Phi) is 12.0. The van der Waals surface area contributed by atoms with Crippen molar-refractivity contribution in [2.24, 2.45) is 5.73 Å². The zero-order valence-corrected chi connectivity index (χ0v) is 17.5. The van der Waals surface area contributed by atoms with Crippen LogP contribution in [-0.4, -0.2) is 112 Å². The number of aliphatic hydroxyl groups is 4. The normalized spacial score (nSPS) is 26.1. The summed E-state index contributed by atoms with van der Waals surface area (Å²) < 4.78 is 5.26. The molecule has 184 valence electrons. The molecule has 0 spiro atoms. The highest BCUT2D eigenvalue weighted by Gasteiger charge is 2.43. The summed E-state index contributed by atoms with van der Waals surface area (Å²) in [6, 6.07) is -0.882. The van der Waals surface area contributed by atoms with E-state index in [9.17, 15) is 34.5 Å². The molecule has 1 aliphatic heterocycles. The number of carboxylic acid groups (broad SMARTS) is 1. The van der Waals surface area contributed by atoms with Crippen LogP contribution >= 0.6 is 0 Å². The smallest absolute Gasteiger partial charge is 0.322 e. The molecule has 0 aromatic heterocycles. The van der Waals surface area contributed by atoms with Crippen molar-refractivity contribution >= 4 is 23.7 Å². The predicted octanol–water partition coefficient (Wildman–Crippen LogP) is -4.85. The number of aliphatic carboxylic acids is 1. The van der Waals surface area contributed by atoms with Gasteiger partial charge in [0.2, 0.25) is 17.7 Å². The van der Waals surface area contributed by atoms with Gasteiger partial charge in [0.1, 0.15) is 31.0 Å². The van der Waals surface area contributed by atoms with Crippen molar-refractivity contribution in [2.45, 2.75) is 62.2 Å². The molecule has 14 heteroatoms. The number of hydrogen-bond donors (Lipinski definition) is 9. The molecule has 0 aliphatic carbocycles. The van der Waals surface area contributed by atoms with E-state index in [4.69, 9.17) is 20.7 Å². The van der Waals surface area contributed by atoms with Crippen LogP contribution in [0.4, 0.5) is 0 Å². The van der Waals surface area contributed by atoms with E-state index in [0.717, 1.165) is 0 Å². The maximum Gasteiger partial charge on any atom is 0.322 e. The van der Waals surface area contributed by atoms with Crippen molar-refractivity contribution in [3.8, 4) is 0 Å². The topological polar surface area (TPSA) is 241 Å². The van der Waals surface area contributed by atoms with Crippen molar-refractivity contribution in [3.05, 3.63) is 0 Å². The van der Waals surface area contributed by atoms with Crippen LogP contribution in [0.3, 0.4) is 0 Å². The van der Waals surface area contributed by atoms with Crippen LogP contribution in [0.15, 0.2) is 0 Å². The average molecular weight is 464 g/mol. The van der Waals surface area contributed by atoms with Crippen LogP contribution in [0.5, 0.6) is 0 Å². The number of nitrogens with one attached hydrogen (secondary N) is 3. The number of unbranched alkanes of at least 4 members (excludes halogenated alkanes) is 1. The van der Waals surface area contributed by atoms with Crippen molar-refractivity contribution in [1.29, 1.82) is 0 Å². The Hall–Kier alpha value is -2.36. The number of nitrogens with two attached hydrogens (primary N) is 1. The number of carboxylic acids is 1. The second-order valence-electron chi connectivity index (χ2n) is 7.41. The van der Waals surface area contributed by atoms with E-state index in [1.54, 1.807) is 0 Å². The number of ether oxygens (including phenoxy) is 1. The second kappa shape index (κ2) is 13.9. The molecule has 1 aliphatic rings. The largest absolute Gasteiger partial charge is 0.480 e. The number of carbonyl (C=O) groups excluding carboxylic acids is 3. The van der Waals surface area contributed by atoms with Crippen molar-refractivity contribution in [1.82, 2.24) is 16.0 Å². The van der Waals surface area contributed by atoms with E-state index in [1.165, 1.54) is 0 Å². The lowest BCUT2D eigenvalue weighted by Crippen LogP contribution is -2.59. The molecule has 0 aromatic rings. The fourth-order valence-corrected chi connectivity index (χ4v) is 2.99. The average Bonchev–Trinajstić information content (AvgIpc) is 2.75. The zero-order valence-electron chi connectivity index (χ0n) is 17.5. The molecule has 14 nitrogen and oxygen atoms in total. The third kappa shape index (κ3) is 9.42. The van der Waals surface area contributed by atoms with Gasteiger partial charge in [0.25, 0.3) is 0 Å². The molecule has 1 rings (SSSR count). The van der Waals surface area contributed by atoms with Crippen LogP contribution in [0, 0.1) is 0 Å². The van der Waals surface area contributed by atoms with Crippen molar-refractivity contribution < 1.29 is 49.4 Å². The Morgan fingerprint density at radius 3 is 2.16 bits per heavy atom. The third-order valence-electron chi connectivity index (χ3n) is 4.84. The Balaban J connectivity index is 2.21. The van der Waals surface area contributed by atoms with E-state index < -0.39 is 79.9 Å². The van der Waals surface area contributed by atoms with E-state index >= 15 is 0 Å². The Morgan fingerprint density at radius 1 is 0.875 bits per heavy atom. The van der Waals surface area contributed by atoms with E-state index in [1.807, 2.05) is 0 Å². The van der Waals surface area contributed by atoms with Gasteiger partial charge in [-0.15, -0.1) is 0 Å². The standard InChI is InChI=1S/C18H32N4O10/c19-9(18(31)22-6-13(25)21-7-14(26)27)3-1-2-4-20-12(24)5-10-15(28)17(30)16(29)11(8-23)32-10/h9-11,15-17,23,28-30H,1-8,19H2,(H,20,24)(H,21,25)(H,22,31)(H,26,27)/t9-,10+,11?,15?,16-,17+/m0/s1. The molecule has 10 N–H and O–H groups in total. The summed E-state index contributed by atoms with van der Waals surface area (Å²) in [4.78, 5) is 45.5. The summed E-state index contributed by atoms with van der Waals surface area (Å²) in [5, 5.41) is 54.0. The molecule has 0 radical (unpaired) electrons. The third-order valence-corrected chi connectivity index (χ3v) is 4.84. The molecule has 3 amide bonds. The lowest BCUT2D eigenvalue weighted by molar-refractivity contribution is -0.229. The highest BCUT2D eigenvalue weighted by Crippen LogP contribution is 2.23. The molecule has 32 heavy (non-hydrogen) atoms. The fourth-order valence-electron chi connectivity index (χ4n) is 2.99. The zero-order chi connectivity index (χ0) is 24.3. The first-order chi connectivity index (χ1) is 15.1. The number of hydrogen-bond acceptors (Lipinski definition) is 10. The Bertz CT molecular complexity index is 647. The minimum atomic E-state index is -1.55. The first kappa shape index (κ1) is 27.7. The Morgan fingerprint density at radius 2 is 1.53 bits per heavy atom. The maximum atomic E-state index is 12.0. The lowest BCUT2D eigenvalue weighted by Gasteiger charge is -2.39. The molecule has 0 aromatic carbocycles. The van der Waals surface area contributed by atoms with E-state index in [0.29, 0.717) is 12.8 Å². The van der Waals surface area contributed by atoms with Gasteiger partial charge in [-0.1, -0.05) is 0 Å². The van der Waals surface area contributed by atoms with Gasteiger partial charge >= 0.3 is 5.97 Å². The van der Waals surface area contributed by atoms with Gasteiger partial charge in [-0.2, -0.15) is 0 Å². The molecule has 6 atom stereocenters. The summed E-state index contributed by atoms with van der Waals surface area (Å²) >= 11 is 0. The number of rotatable bonds is 13. The molecule has 1 saturated heterocycles. The molecule has 0 saturated carbocycles. The molecule has 1 heterocycles. The van der Waals surface area contributed by atoms with Crippen LogP contribution in [-0.2, 0) is 23.9 Å². The summed E-state index contributed by atoms with van der Waals surface area (Å²) in [6.07, 6.45) is -5.72. The lowest BCUT2D eigenvalue weighted by atomic mass is 9.93. The van der Waals surface area contributed by atoms with Gasteiger partial charge in [0.15, 0.2) is 0 Å². The van der Waals surface area contributed by atoms with Gasteiger partial charge in [0.05, 0.1) is 31.7 Å². The van der Waals surface area contributed by atoms with Gasteiger partial charge in [-0.3, -0.25) is 19.2 Å². The van der Waals surface area contributed by atoms with E-state index in [2.05, 4.69) is 16.0 Å². The van der Waals surface area contributed by atoms with Crippen LogP contribution in [0.2, 0.25) is 0 Å². The molecule has 0 bridgehead atoms. The fraction of sp³-hybridized carbons (Fsp3) is 0.778. The monoisotopic (exact) mass is 464 g/mol. The van der Waals surface area contributed by atoms with Gasteiger partial charge in [-0.05, 0) is 19.3 Å². The first-order valence-corrected chi connectivity index (χ1v) is 10.2. The minimum Gasteiger partial charge on any atom is -0.480 e. The van der Waals surface area contributed by atoms with Crippen LogP contribution < -0.4 is 21.7 Å². The van der Waals surface area contributed by atoms with Crippen LogP contribution in [0.25, 0.3) is 0 Å². The second-order valence-corrected chi connectivity index (χ2v) is 7.41. The van der Waals surface area contributed by atoms with Gasteiger partial charge < -0.3 is 52.0 Å². The highest BCUT2D eigenvalue weighted by molar-refractivity contribution is 5.88. The minimum absolute atomic E-state index is 0.252. The summed E-state index contributed by atoms with van der Waals surface area (Å²) in [7, 11) is 0. The summed E-state index contributed by atoms with van der Waals surface area (Å²) in [6.45, 7) is -1.28. The number of carbonyl (C=O) groups is 4. The summed E-state index contributed by atoms with van der Waals surface area (Å²) in [5.41, 5.74) is 5.72. The Labute approximate surface area is 184 Å². The summed E-state index contributed by atoms with van der Waals surface area (Å²) in [5.74, 6) is -2.90. The molecule has 2 unspecified atom stereocenters.